The lowest BCUT2D eigenvalue weighted by Gasteiger charge is -2.07. The van der Waals surface area contributed by atoms with Crippen molar-refractivity contribution in [1.82, 2.24) is 14.8 Å². The molecule has 1 heterocycles. The van der Waals surface area contributed by atoms with Crippen LogP contribution in [0.2, 0.25) is 0 Å². The van der Waals surface area contributed by atoms with Crippen molar-refractivity contribution in [2.24, 2.45) is 7.05 Å². The smallest absolute Gasteiger partial charge is 0.310 e. The van der Waals surface area contributed by atoms with Gasteiger partial charge in [-0.3, -0.25) is 10.1 Å². The largest absolute Gasteiger partial charge is 0.487 e. The van der Waals surface area contributed by atoms with Gasteiger partial charge in [0.05, 0.1) is 11.5 Å². The molecule has 3 rings (SSSR count). The highest BCUT2D eigenvalue weighted by molar-refractivity contribution is 7.99. The summed E-state index contributed by atoms with van der Waals surface area (Å²) in [6, 6.07) is 12.9. The third-order valence-corrected chi connectivity index (χ3v) is 4.78. The second kappa shape index (κ2) is 7.57. The highest BCUT2D eigenvalue weighted by atomic mass is 32.2. The molecule has 0 aliphatic heterocycles. The molecule has 0 spiro atoms. The molecule has 0 amide bonds. The first kappa shape index (κ1) is 17.9. The van der Waals surface area contributed by atoms with Crippen LogP contribution in [-0.2, 0) is 7.05 Å². The minimum absolute atomic E-state index is 0.0467. The summed E-state index contributed by atoms with van der Waals surface area (Å²) in [5.41, 5.74) is 2.09. The number of benzene rings is 2. The number of nitro benzene ring substituents is 1. The number of ether oxygens (including phenoxy) is 1. The van der Waals surface area contributed by atoms with Crippen molar-refractivity contribution in [1.29, 1.82) is 0 Å². The molecule has 0 unspecified atom stereocenters. The summed E-state index contributed by atoms with van der Waals surface area (Å²) < 4.78 is 7.30. The molecule has 3 aromatic rings. The molecule has 0 aliphatic carbocycles. The van der Waals surface area contributed by atoms with E-state index in [0.717, 1.165) is 21.8 Å². The molecule has 0 radical (unpaired) electrons. The van der Waals surface area contributed by atoms with Crippen molar-refractivity contribution < 1.29 is 9.66 Å². The lowest BCUT2D eigenvalue weighted by atomic mass is 10.1. The van der Waals surface area contributed by atoms with Crippen LogP contribution in [0.25, 0.3) is 11.4 Å². The number of hydrogen-bond donors (Lipinski definition) is 0. The van der Waals surface area contributed by atoms with E-state index in [9.17, 15) is 10.1 Å². The SMILES string of the molecule is CCOc1cc(Sc2nnc(-c3cccc(C)c3)n2C)ccc1[N+](=O)[O-]. The third-order valence-electron chi connectivity index (χ3n) is 3.75. The Morgan fingerprint density at radius 3 is 2.73 bits per heavy atom. The molecular formula is C18H18N4O3S. The average Bonchev–Trinajstić information content (AvgIpc) is 2.96. The molecule has 7 nitrogen and oxygen atoms in total. The zero-order chi connectivity index (χ0) is 18.7. The average molecular weight is 370 g/mol. The topological polar surface area (TPSA) is 83.1 Å². The monoisotopic (exact) mass is 370 g/mol. The lowest BCUT2D eigenvalue weighted by molar-refractivity contribution is -0.385. The second-order valence-electron chi connectivity index (χ2n) is 5.66. The second-order valence-corrected chi connectivity index (χ2v) is 6.70. The van der Waals surface area contributed by atoms with Crippen LogP contribution >= 0.6 is 11.8 Å². The van der Waals surface area contributed by atoms with Gasteiger partial charge in [-0.15, -0.1) is 10.2 Å². The Balaban J connectivity index is 1.90. The third kappa shape index (κ3) is 3.70. The van der Waals surface area contributed by atoms with Crippen LogP contribution in [0.5, 0.6) is 5.75 Å². The summed E-state index contributed by atoms with van der Waals surface area (Å²) in [5.74, 6) is 1.02. The predicted octanol–water partition coefficient (Wildman–Crippen LogP) is 4.25. The predicted molar refractivity (Wildman–Crippen MR) is 99.6 cm³/mol. The van der Waals surface area contributed by atoms with Gasteiger partial charge in [0.1, 0.15) is 0 Å². The highest BCUT2D eigenvalue weighted by Crippen LogP contribution is 2.35. The van der Waals surface area contributed by atoms with Crippen LogP contribution in [-0.4, -0.2) is 26.3 Å². The zero-order valence-electron chi connectivity index (χ0n) is 14.7. The van der Waals surface area contributed by atoms with Gasteiger partial charge in [-0.2, -0.15) is 0 Å². The van der Waals surface area contributed by atoms with E-state index in [-0.39, 0.29) is 11.4 Å². The number of aryl methyl sites for hydroxylation is 1. The van der Waals surface area contributed by atoms with E-state index in [2.05, 4.69) is 16.3 Å². The van der Waals surface area contributed by atoms with Crippen molar-refractivity contribution in [2.45, 2.75) is 23.9 Å². The maximum Gasteiger partial charge on any atom is 0.310 e. The first-order valence-corrected chi connectivity index (χ1v) is 8.86. The van der Waals surface area contributed by atoms with Crippen molar-refractivity contribution in [3.8, 4) is 17.1 Å². The fourth-order valence-electron chi connectivity index (χ4n) is 2.52. The minimum Gasteiger partial charge on any atom is -0.487 e. The van der Waals surface area contributed by atoms with E-state index >= 15 is 0 Å². The molecule has 1 aromatic heterocycles. The standard InChI is InChI=1S/C18H18N4O3S/c1-4-25-16-11-14(8-9-15(16)22(23)24)26-18-20-19-17(21(18)3)13-7-5-6-12(2)10-13/h5-11H,4H2,1-3H3. The van der Waals surface area contributed by atoms with Gasteiger partial charge in [0.15, 0.2) is 16.7 Å². The zero-order valence-corrected chi connectivity index (χ0v) is 15.5. The summed E-state index contributed by atoms with van der Waals surface area (Å²) in [7, 11) is 1.90. The number of aromatic nitrogens is 3. The molecule has 26 heavy (non-hydrogen) atoms. The summed E-state index contributed by atoms with van der Waals surface area (Å²) in [5, 5.41) is 20.3. The molecule has 0 atom stereocenters. The van der Waals surface area contributed by atoms with Gasteiger partial charge in [0.2, 0.25) is 0 Å². The van der Waals surface area contributed by atoms with Gasteiger partial charge in [-0.25, -0.2) is 0 Å². The van der Waals surface area contributed by atoms with E-state index in [1.807, 2.05) is 36.7 Å². The lowest BCUT2D eigenvalue weighted by Crippen LogP contribution is -1.98. The summed E-state index contributed by atoms with van der Waals surface area (Å²) in [6.45, 7) is 4.18. The molecule has 0 aliphatic rings. The fraction of sp³-hybridized carbons (Fsp3) is 0.222. The Morgan fingerprint density at radius 2 is 2.04 bits per heavy atom. The number of nitrogens with zero attached hydrogens (tertiary/aromatic N) is 4. The summed E-state index contributed by atoms with van der Waals surface area (Å²) in [6.07, 6.45) is 0. The van der Waals surface area contributed by atoms with Gasteiger partial charge in [0, 0.05) is 29.6 Å². The van der Waals surface area contributed by atoms with Gasteiger partial charge in [0.25, 0.3) is 0 Å². The van der Waals surface area contributed by atoms with Crippen LogP contribution in [0.15, 0.2) is 52.5 Å². The molecule has 0 bridgehead atoms. The molecule has 0 saturated carbocycles. The highest BCUT2D eigenvalue weighted by Gasteiger charge is 2.18. The van der Waals surface area contributed by atoms with Gasteiger partial charge in [-0.05, 0) is 37.7 Å². The van der Waals surface area contributed by atoms with Crippen LogP contribution in [0, 0.1) is 17.0 Å². The van der Waals surface area contributed by atoms with Gasteiger partial charge < -0.3 is 9.30 Å². The first-order chi connectivity index (χ1) is 12.5. The van der Waals surface area contributed by atoms with Crippen LogP contribution in [0.4, 0.5) is 5.69 Å². The van der Waals surface area contributed by atoms with Crippen molar-refractivity contribution >= 4 is 17.4 Å². The Bertz CT molecular complexity index is 955. The van der Waals surface area contributed by atoms with Gasteiger partial charge >= 0.3 is 5.69 Å². The van der Waals surface area contributed by atoms with Crippen LogP contribution < -0.4 is 4.74 Å². The Morgan fingerprint density at radius 1 is 1.23 bits per heavy atom. The van der Waals surface area contributed by atoms with E-state index in [0.29, 0.717) is 11.8 Å². The van der Waals surface area contributed by atoms with Crippen molar-refractivity contribution in [3.05, 3.63) is 58.1 Å². The van der Waals surface area contributed by atoms with E-state index in [1.54, 1.807) is 19.1 Å². The summed E-state index contributed by atoms with van der Waals surface area (Å²) in [4.78, 5) is 11.5. The van der Waals surface area contributed by atoms with E-state index in [1.165, 1.54) is 17.8 Å². The number of rotatable bonds is 6. The Kier molecular flexibility index (Phi) is 5.22. The summed E-state index contributed by atoms with van der Waals surface area (Å²) >= 11 is 1.38. The quantitative estimate of drug-likeness (QED) is 0.476. The molecule has 8 heteroatoms. The van der Waals surface area contributed by atoms with Crippen LogP contribution in [0.1, 0.15) is 12.5 Å². The Hall–Kier alpha value is -2.87. The first-order valence-electron chi connectivity index (χ1n) is 8.05. The van der Waals surface area contributed by atoms with Crippen molar-refractivity contribution in [2.75, 3.05) is 6.61 Å². The van der Waals surface area contributed by atoms with Crippen molar-refractivity contribution in [3.63, 3.8) is 0 Å². The van der Waals surface area contributed by atoms with E-state index < -0.39 is 4.92 Å². The maximum absolute atomic E-state index is 11.1. The molecule has 0 N–H and O–H groups in total. The molecule has 0 saturated heterocycles. The maximum atomic E-state index is 11.1. The minimum atomic E-state index is -0.447. The molecule has 134 valence electrons. The Labute approximate surface area is 155 Å². The molecule has 2 aromatic carbocycles. The molecule has 0 fully saturated rings. The van der Waals surface area contributed by atoms with Crippen LogP contribution in [0.3, 0.4) is 0 Å². The normalized spacial score (nSPS) is 10.7. The number of hydrogen-bond acceptors (Lipinski definition) is 6. The number of nitro groups is 1. The fourth-order valence-corrected chi connectivity index (χ4v) is 3.34. The van der Waals surface area contributed by atoms with E-state index in [4.69, 9.17) is 4.74 Å². The molecular weight excluding hydrogens is 352 g/mol. The van der Waals surface area contributed by atoms with Gasteiger partial charge in [-0.1, -0.05) is 23.8 Å².